The summed E-state index contributed by atoms with van der Waals surface area (Å²) >= 11 is 0. The molecule has 0 radical (unpaired) electrons. The molecule has 80 valence electrons. The Labute approximate surface area is 90.5 Å². The monoisotopic (exact) mass is 203 g/mol. The predicted octanol–water partition coefficient (Wildman–Crippen LogP) is 1.96. The van der Waals surface area contributed by atoms with E-state index in [0.29, 0.717) is 11.8 Å². The van der Waals surface area contributed by atoms with Crippen LogP contribution in [0.2, 0.25) is 0 Å². The number of hydrogen-bond donors (Lipinski definition) is 1. The molecule has 0 bridgehead atoms. The smallest absolute Gasteiger partial charge is 0.115 e. The van der Waals surface area contributed by atoms with E-state index in [1.54, 1.807) is 0 Å². The average Bonchev–Trinajstić information content (AvgIpc) is 2.84. The van der Waals surface area contributed by atoms with Crippen LogP contribution in [-0.4, -0.2) is 29.1 Å². The van der Waals surface area contributed by atoms with E-state index in [-0.39, 0.29) is 0 Å². The zero-order chi connectivity index (χ0) is 10.3. The van der Waals surface area contributed by atoms with E-state index in [9.17, 15) is 5.11 Å². The van der Waals surface area contributed by atoms with Crippen molar-refractivity contribution in [2.75, 3.05) is 13.1 Å². The summed E-state index contributed by atoms with van der Waals surface area (Å²) < 4.78 is 0. The third-order valence-electron chi connectivity index (χ3n) is 3.76. The van der Waals surface area contributed by atoms with Crippen molar-refractivity contribution in [1.82, 2.24) is 4.90 Å². The minimum atomic E-state index is 0.413. The second-order valence-corrected chi connectivity index (χ2v) is 4.76. The molecule has 1 N–H and O–H groups in total. The molecule has 1 heterocycles. The van der Waals surface area contributed by atoms with Gasteiger partial charge in [-0.2, -0.15) is 0 Å². The van der Waals surface area contributed by atoms with Gasteiger partial charge in [0, 0.05) is 6.04 Å². The Balaban J connectivity index is 1.79. The molecule has 1 atom stereocenters. The largest absolute Gasteiger partial charge is 0.508 e. The van der Waals surface area contributed by atoms with Gasteiger partial charge in [0.2, 0.25) is 0 Å². The van der Waals surface area contributed by atoms with E-state index in [1.165, 1.54) is 43.5 Å². The second-order valence-electron chi connectivity index (χ2n) is 4.76. The van der Waals surface area contributed by atoms with Crippen LogP contribution in [0.4, 0.5) is 0 Å². The number of fused-ring (bicyclic) bond motifs is 1. The highest BCUT2D eigenvalue weighted by Crippen LogP contribution is 2.29. The number of aromatic hydroxyl groups is 1. The first-order chi connectivity index (χ1) is 7.33. The van der Waals surface area contributed by atoms with Gasteiger partial charge < -0.3 is 5.11 Å². The van der Waals surface area contributed by atoms with E-state index in [1.807, 2.05) is 12.1 Å². The number of likely N-dealkylation sites (tertiary alicyclic amines) is 1. The maximum Gasteiger partial charge on any atom is 0.115 e. The highest BCUT2D eigenvalue weighted by Gasteiger charge is 2.28. The first kappa shape index (κ1) is 9.22. The van der Waals surface area contributed by atoms with Crippen molar-refractivity contribution >= 4 is 0 Å². The Kier molecular flexibility index (Phi) is 2.17. The van der Waals surface area contributed by atoms with Gasteiger partial charge in [-0.1, -0.05) is 6.07 Å². The van der Waals surface area contributed by atoms with Crippen LogP contribution in [0.15, 0.2) is 18.2 Å². The summed E-state index contributed by atoms with van der Waals surface area (Å²) in [6, 6.07) is 6.53. The minimum Gasteiger partial charge on any atom is -0.508 e. The lowest BCUT2D eigenvalue weighted by Crippen LogP contribution is -2.33. The van der Waals surface area contributed by atoms with Crippen molar-refractivity contribution < 1.29 is 5.11 Å². The second kappa shape index (κ2) is 3.53. The molecule has 0 saturated carbocycles. The molecule has 1 saturated heterocycles. The normalized spacial score (nSPS) is 25.7. The number of phenols is 1. The molecule has 3 rings (SSSR count). The topological polar surface area (TPSA) is 23.5 Å². The zero-order valence-electron chi connectivity index (χ0n) is 8.95. The molecule has 0 amide bonds. The molecule has 1 aliphatic heterocycles. The molecule has 0 spiro atoms. The molecule has 15 heavy (non-hydrogen) atoms. The van der Waals surface area contributed by atoms with Crippen molar-refractivity contribution in [1.29, 1.82) is 0 Å². The Bertz CT molecular complexity index is 369. The average molecular weight is 203 g/mol. The number of phenolic OH excluding ortho intramolecular Hbond substituents is 1. The number of rotatable bonds is 1. The predicted molar refractivity (Wildman–Crippen MR) is 60.1 cm³/mol. The van der Waals surface area contributed by atoms with Crippen LogP contribution >= 0.6 is 0 Å². The molecule has 1 fully saturated rings. The number of nitrogens with zero attached hydrogens (tertiary/aromatic N) is 1. The van der Waals surface area contributed by atoms with Crippen molar-refractivity contribution in [3.05, 3.63) is 29.3 Å². The molecule has 0 aromatic heterocycles. The van der Waals surface area contributed by atoms with Gasteiger partial charge in [0.25, 0.3) is 0 Å². The quantitative estimate of drug-likeness (QED) is 0.754. The van der Waals surface area contributed by atoms with Crippen molar-refractivity contribution in [3.63, 3.8) is 0 Å². The van der Waals surface area contributed by atoms with E-state index < -0.39 is 0 Å². The van der Waals surface area contributed by atoms with Gasteiger partial charge in [-0.3, -0.25) is 4.90 Å². The molecule has 1 aromatic rings. The zero-order valence-corrected chi connectivity index (χ0v) is 8.95. The van der Waals surface area contributed by atoms with Gasteiger partial charge in [0.05, 0.1) is 0 Å². The highest BCUT2D eigenvalue weighted by atomic mass is 16.3. The maximum absolute atomic E-state index is 9.43. The Morgan fingerprint density at radius 2 is 1.80 bits per heavy atom. The molecule has 0 unspecified atom stereocenters. The van der Waals surface area contributed by atoms with E-state index in [2.05, 4.69) is 11.0 Å². The van der Waals surface area contributed by atoms with Crippen LogP contribution in [0.5, 0.6) is 5.75 Å². The molecule has 2 heteroatoms. The SMILES string of the molecule is Oc1ccc2c(c1)C[C@@H](N1CCCC1)C2. The molecule has 2 nitrogen and oxygen atoms in total. The van der Waals surface area contributed by atoms with Crippen LogP contribution in [-0.2, 0) is 12.8 Å². The van der Waals surface area contributed by atoms with Crippen molar-refractivity contribution in [2.24, 2.45) is 0 Å². The molecule has 1 aromatic carbocycles. The summed E-state index contributed by atoms with van der Waals surface area (Å²) in [4.78, 5) is 2.61. The molecule has 2 aliphatic rings. The van der Waals surface area contributed by atoms with Crippen LogP contribution in [0.25, 0.3) is 0 Å². The molecular formula is C13H17NO. The van der Waals surface area contributed by atoms with Crippen molar-refractivity contribution in [2.45, 2.75) is 31.7 Å². The van der Waals surface area contributed by atoms with Crippen LogP contribution in [0.3, 0.4) is 0 Å². The van der Waals surface area contributed by atoms with Gasteiger partial charge in [-0.15, -0.1) is 0 Å². The fourth-order valence-corrected chi connectivity index (χ4v) is 2.95. The highest BCUT2D eigenvalue weighted by molar-refractivity contribution is 5.39. The van der Waals surface area contributed by atoms with E-state index >= 15 is 0 Å². The van der Waals surface area contributed by atoms with Gasteiger partial charge in [0.1, 0.15) is 5.75 Å². The first-order valence-electron chi connectivity index (χ1n) is 5.88. The summed E-state index contributed by atoms with van der Waals surface area (Å²) in [5.74, 6) is 0.413. The summed E-state index contributed by atoms with van der Waals surface area (Å²) in [5.41, 5.74) is 2.79. The van der Waals surface area contributed by atoms with Gasteiger partial charge >= 0.3 is 0 Å². The Hall–Kier alpha value is -1.02. The van der Waals surface area contributed by atoms with Gasteiger partial charge in [-0.05, 0) is 62.0 Å². The fourth-order valence-electron chi connectivity index (χ4n) is 2.95. The lowest BCUT2D eigenvalue weighted by Gasteiger charge is -2.22. The third-order valence-corrected chi connectivity index (χ3v) is 3.76. The van der Waals surface area contributed by atoms with E-state index in [0.717, 1.165) is 6.42 Å². The summed E-state index contributed by atoms with van der Waals surface area (Å²) in [7, 11) is 0. The third kappa shape index (κ3) is 1.63. The first-order valence-corrected chi connectivity index (χ1v) is 5.88. The summed E-state index contributed by atoms with van der Waals surface area (Å²) in [6.45, 7) is 2.54. The number of hydrogen-bond acceptors (Lipinski definition) is 2. The van der Waals surface area contributed by atoms with Gasteiger partial charge in [0.15, 0.2) is 0 Å². The minimum absolute atomic E-state index is 0.413. The lowest BCUT2D eigenvalue weighted by atomic mass is 10.1. The lowest BCUT2D eigenvalue weighted by molar-refractivity contribution is 0.250. The Morgan fingerprint density at radius 1 is 1.07 bits per heavy atom. The van der Waals surface area contributed by atoms with Gasteiger partial charge in [-0.25, -0.2) is 0 Å². The van der Waals surface area contributed by atoms with Crippen LogP contribution in [0.1, 0.15) is 24.0 Å². The summed E-state index contributed by atoms with van der Waals surface area (Å²) in [5, 5.41) is 9.43. The molecule has 1 aliphatic carbocycles. The van der Waals surface area contributed by atoms with Crippen molar-refractivity contribution in [3.8, 4) is 5.75 Å². The molecular weight excluding hydrogens is 186 g/mol. The van der Waals surface area contributed by atoms with E-state index in [4.69, 9.17) is 0 Å². The van der Waals surface area contributed by atoms with Crippen LogP contribution in [0, 0.1) is 0 Å². The maximum atomic E-state index is 9.43. The Morgan fingerprint density at radius 3 is 2.60 bits per heavy atom. The fraction of sp³-hybridized carbons (Fsp3) is 0.538. The summed E-state index contributed by atoms with van der Waals surface area (Å²) in [6.07, 6.45) is 5.02. The number of benzene rings is 1. The standard InChI is InChI=1S/C13H17NO/c15-13-4-3-10-7-12(8-11(10)9-13)14-5-1-2-6-14/h3-4,9,12,15H,1-2,5-8H2/t12-/m0/s1. The van der Waals surface area contributed by atoms with Crippen LogP contribution < -0.4 is 0 Å².